The van der Waals surface area contributed by atoms with Gasteiger partial charge >= 0.3 is 35.5 Å². The topological polar surface area (TPSA) is 131 Å². The molecule has 1 aromatic heterocycles. The second-order valence-corrected chi connectivity index (χ2v) is 7.30. The number of halogens is 1. The van der Waals surface area contributed by atoms with Gasteiger partial charge in [0, 0.05) is 16.3 Å². The molecule has 0 radical (unpaired) electrons. The molecule has 0 saturated carbocycles. The zero-order valence-electron chi connectivity index (χ0n) is 19.3. The predicted octanol–water partition coefficient (Wildman–Crippen LogP) is 1.02. The van der Waals surface area contributed by atoms with Gasteiger partial charge in [0.2, 0.25) is 11.8 Å². The number of rotatable bonds is 8. The quantitative estimate of drug-likeness (QED) is 0.409. The molecule has 0 aliphatic carbocycles. The van der Waals surface area contributed by atoms with E-state index in [1.54, 1.807) is 18.2 Å². The van der Waals surface area contributed by atoms with Crippen molar-refractivity contribution in [1.29, 1.82) is 0 Å². The maximum Gasteiger partial charge on any atom is 1.00 e. The molecule has 0 atom stereocenters. The fourth-order valence-electron chi connectivity index (χ4n) is 3.07. The number of hydrogen-bond donors (Lipinski definition) is 3. The zero-order valence-corrected chi connectivity index (χ0v) is 21.0. The van der Waals surface area contributed by atoms with Crippen LogP contribution >= 0.6 is 11.6 Å². The molecule has 1 heterocycles. The predicted molar refractivity (Wildman–Crippen MR) is 119 cm³/mol. The van der Waals surface area contributed by atoms with Gasteiger partial charge < -0.3 is 26.4 Å². The van der Waals surface area contributed by atoms with Crippen LogP contribution in [0, 0.1) is 13.8 Å². The van der Waals surface area contributed by atoms with Crippen molar-refractivity contribution in [3.8, 4) is 11.1 Å². The Morgan fingerprint density at radius 3 is 2.42 bits per heavy atom. The van der Waals surface area contributed by atoms with Crippen molar-refractivity contribution in [3.05, 3.63) is 64.5 Å². The van der Waals surface area contributed by atoms with Crippen LogP contribution in [0.5, 0.6) is 0 Å². The Bertz CT molecular complexity index is 1170. The molecule has 168 valence electrons. The van der Waals surface area contributed by atoms with Crippen LogP contribution in [0.2, 0.25) is 5.02 Å². The van der Waals surface area contributed by atoms with Crippen LogP contribution < -0.4 is 40.2 Å². The summed E-state index contributed by atoms with van der Waals surface area (Å²) < 4.78 is 10.3. The molecule has 2 aromatic carbocycles. The van der Waals surface area contributed by atoms with Crippen LogP contribution in [0.3, 0.4) is 0 Å². The molecule has 0 saturated heterocycles. The van der Waals surface area contributed by atoms with Crippen molar-refractivity contribution in [1.82, 2.24) is 5.16 Å². The number of carboxylic acid groups (broad SMARTS) is 1. The second kappa shape index (κ2) is 12.0. The number of carbonyl (C=O) groups excluding carboxylic acids is 2. The SMILES string of the molecule is Cc1noc(C)c1-c1cccc(NC(=O)COCC(=O)Nc2ccc(Cl)cc2C(=O)O)c1.[H-].[Na+]. The molecule has 0 aliphatic heterocycles. The zero-order chi connectivity index (χ0) is 23.3. The van der Waals surface area contributed by atoms with E-state index in [1.807, 2.05) is 19.9 Å². The number of nitrogens with zero attached hydrogens (tertiary/aromatic N) is 1. The van der Waals surface area contributed by atoms with E-state index >= 15 is 0 Å². The number of ether oxygens (including phenoxy) is 1. The minimum atomic E-state index is -1.23. The molecule has 0 spiro atoms. The summed E-state index contributed by atoms with van der Waals surface area (Å²) in [4.78, 5) is 35.5. The third kappa shape index (κ3) is 7.15. The van der Waals surface area contributed by atoms with Crippen molar-refractivity contribution in [2.24, 2.45) is 0 Å². The van der Waals surface area contributed by atoms with Gasteiger partial charge in [-0.1, -0.05) is 28.9 Å². The van der Waals surface area contributed by atoms with Crippen molar-refractivity contribution in [2.75, 3.05) is 23.8 Å². The summed E-state index contributed by atoms with van der Waals surface area (Å²) in [5.74, 6) is -1.62. The number of amides is 2. The first-order chi connectivity index (χ1) is 15.2. The molecule has 0 fully saturated rings. The summed E-state index contributed by atoms with van der Waals surface area (Å²) in [6, 6.07) is 11.2. The minimum absolute atomic E-state index is 0. The van der Waals surface area contributed by atoms with E-state index < -0.39 is 24.4 Å². The maximum absolute atomic E-state index is 12.2. The Hall–Kier alpha value is -2.69. The summed E-state index contributed by atoms with van der Waals surface area (Å²) in [6.45, 7) is 2.84. The van der Waals surface area contributed by atoms with E-state index in [-0.39, 0.29) is 53.9 Å². The average Bonchev–Trinajstić information content (AvgIpc) is 3.07. The van der Waals surface area contributed by atoms with E-state index in [9.17, 15) is 19.5 Å². The van der Waals surface area contributed by atoms with Crippen LogP contribution in [-0.4, -0.2) is 41.3 Å². The van der Waals surface area contributed by atoms with Crippen molar-refractivity contribution >= 4 is 40.8 Å². The molecule has 3 aromatic rings. The van der Waals surface area contributed by atoms with Crippen molar-refractivity contribution in [2.45, 2.75) is 13.8 Å². The summed E-state index contributed by atoms with van der Waals surface area (Å²) in [5, 5.41) is 18.5. The number of hydrogen-bond acceptors (Lipinski definition) is 6. The molecule has 0 bridgehead atoms. The van der Waals surface area contributed by atoms with Crippen LogP contribution in [0.4, 0.5) is 11.4 Å². The molecule has 3 N–H and O–H groups in total. The van der Waals surface area contributed by atoms with Crippen LogP contribution in [0.15, 0.2) is 47.0 Å². The van der Waals surface area contributed by atoms with Crippen molar-refractivity contribution in [3.63, 3.8) is 0 Å². The minimum Gasteiger partial charge on any atom is -1.00 e. The fourth-order valence-corrected chi connectivity index (χ4v) is 3.24. The van der Waals surface area contributed by atoms with Gasteiger partial charge in [0.15, 0.2) is 0 Å². The molecule has 0 unspecified atom stereocenters. The van der Waals surface area contributed by atoms with Gasteiger partial charge in [0.05, 0.1) is 16.9 Å². The second-order valence-electron chi connectivity index (χ2n) is 6.86. The number of carboxylic acids is 1. The average molecular weight is 482 g/mol. The van der Waals surface area contributed by atoms with E-state index in [2.05, 4.69) is 15.8 Å². The van der Waals surface area contributed by atoms with Gasteiger partial charge in [0.1, 0.15) is 19.0 Å². The first-order valence-corrected chi connectivity index (χ1v) is 9.86. The number of nitrogens with one attached hydrogen (secondary N) is 2. The van der Waals surface area contributed by atoms with Crippen LogP contribution in [0.1, 0.15) is 23.2 Å². The molecular formula is C22H21ClN3NaO6. The number of benzene rings is 2. The summed E-state index contributed by atoms with van der Waals surface area (Å²) in [5.41, 5.74) is 2.92. The first kappa shape index (κ1) is 26.6. The molecule has 9 nitrogen and oxygen atoms in total. The summed E-state index contributed by atoms with van der Waals surface area (Å²) in [6.07, 6.45) is 0. The number of aryl methyl sites for hydroxylation is 2. The van der Waals surface area contributed by atoms with Gasteiger partial charge in [-0.3, -0.25) is 9.59 Å². The normalized spacial score (nSPS) is 10.3. The largest absolute Gasteiger partial charge is 1.00 e. The van der Waals surface area contributed by atoms with Crippen LogP contribution in [0.25, 0.3) is 11.1 Å². The Kier molecular flexibility index (Phi) is 9.63. The molecule has 33 heavy (non-hydrogen) atoms. The third-order valence-electron chi connectivity index (χ3n) is 4.42. The van der Waals surface area contributed by atoms with Crippen LogP contribution in [-0.2, 0) is 14.3 Å². The van der Waals surface area contributed by atoms with Gasteiger partial charge in [-0.2, -0.15) is 0 Å². The Labute approximate surface area is 218 Å². The smallest absolute Gasteiger partial charge is 1.00 e. The number of aromatic nitrogens is 1. The number of carbonyl (C=O) groups is 3. The summed E-state index contributed by atoms with van der Waals surface area (Å²) >= 11 is 5.78. The molecule has 11 heteroatoms. The number of anilines is 2. The van der Waals surface area contributed by atoms with Gasteiger partial charge in [-0.05, 0) is 49.7 Å². The van der Waals surface area contributed by atoms with E-state index in [0.29, 0.717) is 11.4 Å². The molecule has 3 rings (SSSR count). The van der Waals surface area contributed by atoms with Gasteiger partial charge in [0.25, 0.3) is 0 Å². The van der Waals surface area contributed by atoms with E-state index in [0.717, 1.165) is 16.8 Å². The first-order valence-electron chi connectivity index (χ1n) is 9.48. The molecular weight excluding hydrogens is 461 g/mol. The van der Waals surface area contributed by atoms with E-state index in [1.165, 1.54) is 18.2 Å². The summed E-state index contributed by atoms with van der Waals surface area (Å²) in [7, 11) is 0. The van der Waals surface area contributed by atoms with E-state index in [4.69, 9.17) is 20.9 Å². The maximum atomic E-state index is 12.2. The Morgan fingerprint density at radius 1 is 1.09 bits per heavy atom. The standard InChI is InChI=1S/C22H20ClN3O6.Na.H/c1-12-21(13(2)32-26-12)14-4-3-5-16(8-14)24-19(27)10-31-11-20(28)25-18-7-6-15(23)9-17(18)22(29)30;;/h3-9H,10-11H2,1-2H3,(H,24,27)(H,25,28)(H,29,30);;/q;+1;-1. The molecule has 2 amide bonds. The number of aromatic carboxylic acids is 1. The van der Waals surface area contributed by atoms with Gasteiger partial charge in [-0.15, -0.1) is 0 Å². The molecule has 0 aliphatic rings. The van der Waals surface area contributed by atoms with Gasteiger partial charge in [-0.25, -0.2) is 4.79 Å². The third-order valence-corrected chi connectivity index (χ3v) is 4.66. The Balaban J connectivity index is 0.00000289. The fraction of sp³-hybridized carbons (Fsp3) is 0.182. The monoisotopic (exact) mass is 481 g/mol. The van der Waals surface area contributed by atoms with Crippen molar-refractivity contribution < 1.29 is 59.7 Å². The Morgan fingerprint density at radius 2 is 1.79 bits per heavy atom.